The van der Waals surface area contributed by atoms with Gasteiger partial charge in [0.1, 0.15) is 4.34 Å². The first-order valence-corrected chi connectivity index (χ1v) is 8.43. The zero-order valence-electron chi connectivity index (χ0n) is 11.2. The highest BCUT2D eigenvalue weighted by Gasteiger charge is 2.18. The lowest BCUT2D eigenvalue weighted by molar-refractivity contribution is 0.0786. The molecule has 21 heavy (non-hydrogen) atoms. The molecule has 0 unspecified atom stereocenters. The van der Waals surface area contributed by atoms with Crippen molar-refractivity contribution in [3.05, 3.63) is 42.2 Å². The Balaban J connectivity index is 2.07. The lowest BCUT2D eigenvalue weighted by atomic mass is 10.2. The van der Waals surface area contributed by atoms with Gasteiger partial charge < -0.3 is 10.6 Å². The number of nitrogens with two attached hydrogens (primary N) is 1. The second-order valence-electron chi connectivity index (χ2n) is 4.22. The average Bonchev–Trinajstić information content (AvgIpc) is 3.02. The van der Waals surface area contributed by atoms with Crippen LogP contribution in [0.1, 0.15) is 20.8 Å². The second kappa shape index (κ2) is 7.30. The monoisotopic (exact) mass is 358 g/mol. The Kier molecular flexibility index (Phi) is 5.68. The van der Waals surface area contributed by atoms with E-state index in [0.29, 0.717) is 27.3 Å². The van der Waals surface area contributed by atoms with Gasteiger partial charge in [-0.2, -0.15) is 0 Å². The van der Waals surface area contributed by atoms with Crippen molar-refractivity contribution in [1.82, 2.24) is 4.90 Å². The summed E-state index contributed by atoms with van der Waals surface area (Å²) in [6.45, 7) is 0.826. The maximum atomic E-state index is 12.3. The fourth-order valence-electron chi connectivity index (χ4n) is 1.70. The molecule has 0 aliphatic carbocycles. The van der Waals surface area contributed by atoms with E-state index in [-0.39, 0.29) is 5.91 Å². The summed E-state index contributed by atoms with van der Waals surface area (Å²) in [5.41, 5.74) is 6.80. The Labute approximate surface area is 141 Å². The van der Waals surface area contributed by atoms with Crippen molar-refractivity contribution in [3.8, 4) is 11.8 Å². The number of hydrogen-bond acceptors (Lipinski definition) is 4. The summed E-state index contributed by atoms with van der Waals surface area (Å²) >= 11 is 14.6. The molecule has 0 aromatic carbocycles. The molecule has 110 valence electrons. The molecule has 0 radical (unpaired) electrons. The first-order chi connectivity index (χ1) is 10.0. The third-order valence-corrected chi connectivity index (χ3v) is 5.00. The minimum atomic E-state index is -0.149. The zero-order valence-corrected chi connectivity index (χ0v) is 14.3. The summed E-state index contributed by atoms with van der Waals surface area (Å²) in [5, 5.41) is 1.98. The van der Waals surface area contributed by atoms with E-state index in [1.807, 2.05) is 11.4 Å². The molecule has 0 fully saturated rings. The van der Waals surface area contributed by atoms with Crippen molar-refractivity contribution < 1.29 is 4.79 Å². The summed E-state index contributed by atoms with van der Waals surface area (Å²) in [6, 6.07) is 3.55. The van der Waals surface area contributed by atoms with Gasteiger partial charge in [0.05, 0.1) is 21.3 Å². The van der Waals surface area contributed by atoms with E-state index < -0.39 is 0 Å². The van der Waals surface area contributed by atoms with Gasteiger partial charge in [0.25, 0.3) is 5.91 Å². The van der Waals surface area contributed by atoms with Gasteiger partial charge in [0.15, 0.2) is 0 Å². The molecule has 2 N–H and O–H groups in total. The van der Waals surface area contributed by atoms with Crippen molar-refractivity contribution in [1.29, 1.82) is 0 Å². The predicted octanol–water partition coefficient (Wildman–Crippen LogP) is 3.70. The third kappa shape index (κ3) is 4.22. The fraction of sp³-hybridized carbons (Fsp3) is 0.214. The quantitative estimate of drug-likeness (QED) is 0.850. The number of hydrogen-bond donors (Lipinski definition) is 1. The van der Waals surface area contributed by atoms with Gasteiger partial charge in [-0.05, 0) is 23.1 Å². The highest BCUT2D eigenvalue weighted by Crippen LogP contribution is 2.32. The molecule has 0 atom stereocenters. The lowest BCUT2D eigenvalue weighted by Crippen LogP contribution is -2.25. The topological polar surface area (TPSA) is 46.3 Å². The van der Waals surface area contributed by atoms with Crippen molar-refractivity contribution >= 4 is 51.8 Å². The van der Waals surface area contributed by atoms with Gasteiger partial charge >= 0.3 is 0 Å². The molecule has 2 rings (SSSR count). The maximum Gasteiger partial charge on any atom is 0.256 e. The van der Waals surface area contributed by atoms with Crippen molar-refractivity contribution in [2.24, 2.45) is 5.73 Å². The molecule has 2 aromatic heterocycles. The van der Waals surface area contributed by atoms with Crippen LogP contribution in [0.3, 0.4) is 0 Å². The minimum Gasteiger partial charge on any atom is -0.337 e. The van der Waals surface area contributed by atoms with Gasteiger partial charge in [0.2, 0.25) is 0 Å². The molecule has 1 amide bonds. The summed E-state index contributed by atoms with van der Waals surface area (Å²) in [6.07, 6.45) is 0. The normalized spacial score (nSPS) is 10.1. The SMILES string of the molecule is CN(Cc1csc(C#CCN)c1)C(=O)c1cc(Cl)sc1Cl. The van der Waals surface area contributed by atoms with E-state index in [2.05, 4.69) is 11.8 Å². The van der Waals surface area contributed by atoms with E-state index in [1.165, 1.54) is 22.7 Å². The van der Waals surface area contributed by atoms with Crippen LogP contribution in [-0.4, -0.2) is 24.4 Å². The Morgan fingerprint density at radius 2 is 2.19 bits per heavy atom. The third-order valence-electron chi connectivity index (χ3n) is 2.62. The molecule has 0 saturated carbocycles. The number of carbonyl (C=O) groups excluding carboxylic acids is 1. The first-order valence-electron chi connectivity index (χ1n) is 5.98. The van der Waals surface area contributed by atoms with Crippen LogP contribution in [0.2, 0.25) is 8.67 Å². The summed E-state index contributed by atoms with van der Waals surface area (Å²) in [4.78, 5) is 14.9. The van der Waals surface area contributed by atoms with Crippen LogP contribution in [-0.2, 0) is 6.54 Å². The van der Waals surface area contributed by atoms with Crippen LogP contribution in [0.4, 0.5) is 0 Å². The Bertz CT molecular complexity index is 712. The van der Waals surface area contributed by atoms with Crippen LogP contribution in [0, 0.1) is 11.8 Å². The first kappa shape index (κ1) is 16.3. The molecule has 0 aliphatic rings. The van der Waals surface area contributed by atoms with E-state index in [0.717, 1.165) is 10.4 Å². The highest BCUT2D eigenvalue weighted by molar-refractivity contribution is 7.20. The largest absolute Gasteiger partial charge is 0.337 e. The standard InChI is InChI=1S/C14H12Cl2N2OS2/c1-18(14(19)11-6-12(15)21-13(11)16)7-9-5-10(20-8-9)3-2-4-17/h5-6,8H,4,7,17H2,1H3. The maximum absolute atomic E-state index is 12.3. The molecular formula is C14H12Cl2N2OS2. The smallest absolute Gasteiger partial charge is 0.256 e. The van der Waals surface area contributed by atoms with Gasteiger partial charge in [-0.1, -0.05) is 35.0 Å². The van der Waals surface area contributed by atoms with Gasteiger partial charge in [-0.15, -0.1) is 22.7 Å². The summed E-state index contributed by atoms with van der Waals surface area (Å²) in [7, 11) is 1.73. The highest BCUT2D eigenvalue weighted by atomic mass is 35.5. The predicted molar refractivity (Wildman–Crippen MR) is 90.4 cm³/mol. The van der Waals surface area contributed by atoms with Crippen molar-refractivity contribution in [2.75, 3.05) is 13.6 Å². The number of nitrogens with zero attached hydrogens (tertiary/aromatic N) is 1. The molecule has 0 spiro atoms. The average molecular weight is 359 g/mol. The van der Waals surface area contributed by atoms with Crippen LogP contribution < -0.4 is 5.73 Å². The molecule has 0 bridgehead atoms. The van der Waals surface area contributed by atoms with E-state index in [9.17, 15) is 4.79 Å². The van der Waals surface area contributed by atoms with Gasteiger partial charge in [0, 0.05) is 13.6 Å². The number of thiophene rings is 2. The fourth-order valence-corrected chi connectivity index (χ4v) is 3.92. The molecule has 7 heteroatoms. The van der Waals surface area contributed by atoms with Gasteiger partial charge in [-0.3, -0.25) is 4.79 Å². The Morgan fingerprint density at radius 1 is 1.43 bits per heavy atom. The molecule has 2 heterocycles. The Hall–Kier alpha value is -1.03. The minimum absolute atomic E-state index is 0.149. The van der Waals surface area contributed by atoms with E-state index in [4.69, 9.17) is 28.9 Å². The van der Waals surface area contributed by atoms with Crippen LogP contribution in [0.5, 0.6) is 0 Å². The van der Waals surface area contributed by atoms with Crippen LogP contribution in [0.25, 0.3) is 0 Å². The molecule has 0 aliphatic heterocycles. The molecular weight excluding hydrogens is 347 g/mol. The molecule has 0 saturated heterocycles. The number of rotatable bonds is 3. The number of halogens is 2. The van der Waals surface area contributed by atoms with Crippen LogP contribution in [0.15, 0.2) is 17.5 Å². The van der Waals surface area contributed by atoms with Crippen molar-refractivity contribution in [3.63, 3.8) is 0 Å². The molecule has 2 aromatic rings. The van der Waals surface area contributed by atoms with Crippen LogP contribution >= 0.6 is 45.9 Å². The van der Waals surface area contributed by atoms with Gasteiger partial charge in [-0.25, -0.2) is 0 Å². The van der Waals surface area contributed by atoms with E-state index in [1.54, 1.807) is 18.0 Å². The lowest BCUT2D eigenvalue weighted by Gasteiger charge is -2.15. The molecule has 3 nitrogen and oxygen atoms in total. The summed E-state index contributed by atoms with van der Waals surface area (Å²) < 4.78 is 0.920. The number of amides is 1. The number of carbonyl (C=O) groups is 1. The van der Waals surface area contributed by atoms with Crippen molar-refractivity contribution in [2.45, 2.75) is 6.54 Å². The zero-order chi connectivity index (χ0) is 15.4. The summed E-state index contributed by atoms with van der Waals surface area (Å²) in [5.74, 6) is 5.63. The second-order valence-corrected chi connectivity index (χ2v) is 7.42. The van der Waals surface area contributed by atoms with E-state index >= 15 is 0 Å². The Morgan fingerprint density at radius 3 is 2.81 bits per heavy atom.